The number of anilines is 1. The highest BCUT2D eigenvalue weighted by molar-refractivity contribution is 6.29. The normalized spacial score (nSPS) is 15.2. The van der Waals surface area contributed by atoms with Crippen LogP contribution < -0.4 is 5.32 Å². The Hall–Kier alpha value is -1.29. The Balaban J connectivity index is 2.25. The highest BCUT2D eigenvalue weighted by atomic mass is 35.5. The second-order valence-corrected chi connectivity index (χ2v) is 3.67. The summed E-state index contributed by atoms with van der Waals surface area (Å²) in [5.74, 6) is -1.06. The van der Waals surface area contributed by atoms with Crippen LogP contribution in [0.3, 0.4) is 0 Å². The van der Waals surface area contributed by atoms with Gasteiger partial charge in [-0.25, -0.2) is 9.78 Å². The fourth-order valence-corrected chi connectivity index (χ4v) is 1.36. The summed E-state index contributed by atoms with van der Waals surface area (Å²) in [4.78, 5) is 14.3. The first kappa shape index (κ1) is 9.27. The number of carboxylic acids is 1. The van der Waals surface area contributed by atoms with Crippen LogP contribution in [0, 0.1) is 0 Å². The molecule has 1 aromatic rings. The first-order valence-electron chi connectivity index (χ1n) is 4.32. The molecule has 4 nitrogen and oxygen atoms in total. The molecule has 1 fully saturated rings. The molecule has 0 amide bonds. The molecule has 0 aliphatic heterocycles. The number of rotatable bonds is 3. The summed E-state index contributed by atoms with van der Waals surface area (Å²) in [7, 11) is 0. The zero-order valence-electron chi connectivity index (χ0n) is 7.33. The van der Waals surface area contributed by atoms with Crippen molar-refractivity contribution in [1.29, 1.82) is 0 Å². The smallest absolute Gasteiger partial charge is 0.354 e. The Kier molecular flexibility index (Phi) is 2.29. The van der Waals surface area contributed by atoms with Crippen LogP contribution in [-0.2, 0) is 0 Å². The third-order valence-corrected chi connectivity index (χ3v) is 2.15. The number of aromatic nitrogens is 1. The van der Waals surface area contributed by atoms with Crippen LogP contribution >= 0.6 is 11.6 Å². The van der Waals surface area contributed by atoms with Gasteiger partial charge in [0.1, 0.15) is 5.15 Å². The van der Waals surface area contributed by atoms with E-state index in [4.69, 9.17) is 16.7 Å². The van der Waals surface area contributed by atoms with Crippen molar-refractivity contribution in [2.24, 2.45) is 0 Å². The Labute approximate surface area is 85.9 Å². The molecular weight excluding hydrogens is 204 g/mol. The van der Waals surface area contributed by atoms with Crippen molar-refractivity contribution in [3.05, 3.63) is 23.0 Å². The maximum atomic E-state index is 10.7. The number of carbonyl (C=O) groups is 1. The summed E-state index contributed by atoms with van der Waals surface area (Å²) < 4.78 is 0. The van der Waals surface area contributed by atoms with E-state index in [2.05, 4.69) is 10.3 Å². The van der Waals surface area contributed by atoms with Gasteiger partial charge in [-0.2, -0.15) is 0 Å². The molecule has 0 aromatic carbocycles. The topological polar surface area (TPSA) is 62.2 Å². The van der Waals surface area contributed by atoms with Crippen molar-refractivity contribution in [2.45, 2.75) is 18.9 Å². The van der Waals surface area contributed by atoms with Gasteiger partial charge in [-0.15, -0.1) is 0 Å². The lowest BCUT2D eigenvalue weighted by Gasteiger charge is -2.05. The van der Waals surface area contributed by atoms with Crippen LogP contribution in [0.15, 0.2) is 12.1 Å². The largest absolute Gasteiger partial charge is 0.477 e. The SMILES string of the molecule is O=C(O)c1cc(NC2CC2)cc(Cl)n1. The Morgan fingerprint density at radius 3 is 2.86 bits per heavy atom. The van der Waals surface area contributed by atoms with Crippen molar-refractivity contribution < 1.29 is 9.90 Å². The molecule has 1 saturated carbocycles. The van der Waals surface area contributed by atoms with E-state index in [0.717, 1.165) is 18.5 Å². The summed E-state index contributed by atoms with van der Waals surface area (Å²) >= 11 is 5.68. The Morgan fingerprint density at radius 2 is 2.29 bits per heavy atom. The van der Waals surface area contributed by atoms with Crippen LogP contribution in [0.1, 0.15) is 23.3 Å². The number of hydrogen-bond acceptors (Lipinski definition) is 3. The lowest BCUT2D eigenvalue weighted by molar-refractivity contribution is 0.0690. The van der Waals surface area contributed by atoms with E-state index in [0.29, 0.717) is 6.04 Å². The van der Waals surface area contributed by atoms with Gasteiger partial charge in [0.2, 0.25) is 0 Å². The molecule has 2 rings (SSSR count). The van der Waals surface area contributed by atoms with Crippen molar-refractivity contribution in [1.82, 2.24) is 4.98 Å². The average Bonchev–Trinajstić information content (AvgIpc) is 2.87. The lowest BCUT2D eigenvalue weighted by Crippen LogP contribution is -2.05. The summed E-state index contributed by atoms with van der Waals surface area (Å²) in [6.07, 6.45) is 2.25. The van der Waals surface area contributed by atoms with E-state index in [1.165, 1.54) is 6.07 Å². The van der Waals surface area contributed by atoms with Gasteiger partial charge < -0.3 is 10.4 Å². The maximum Gasteiger partial charge on any atom is 0.354 e. The van der Waals surface area contributed by atoms with Gasteiger partial charge >= 0.3 is 5.97 Å². The van der Waals surface area contributed by atoms with E-state index in [9.17, 15) is 4.79 Å². The predicted octanol–water partition coefficient (Wildman–Crippen LogP) is 2.01. The van der Waals surface area contributed by atoms with Crippen LogP contribution in [0.25, 0.3) is 0 Å². The minimum Gasteiger partial charge on any atom is -0.477 e. The van der Waals surface area contributed by atoms with E-state index >= 15 is 0 Å². The molecule has 0 unspecified atom stereocenters. The minimum absolute atomic E-state index is 0.0272. The molecule has 1 aliphatic carbocycles. The molecule has 1 aromatic heterocycles. The molecule has 2 N–H and O–H groups in total. The number of nitrogens with one attached hydrogen (secondary N) is 1. The van der Waals surface area contributed by atoms with E-state index in [1.807, 2.05) is 0 Å². The van der Waals surface area contributed by atoms with Gasteiger partial charge in [0.15, 0.2) is 5.69 Å². The highest BCUT2D eigenvalue weighted by Crippen LogP contribution is 2.26. The molecule has 5 heteroatoms. The summed E-state index contributed by atoms with van der Waals surface area (Å²) in [6, 6.07) is 3.59. The summed E-state index contributed by atoms with van der Waals surface area (Å²) in [5.41, 5.74) is 0.700. The molecule has 0 spiro atoms. The molecule has 14 heavy (non-hydrogen) atoms. The molecular formula is C9H9ClN2O2. The zero-order valence-corrected chi connectivity index (χ0v) is 8.08. The van der Waals surface area contributed by atoms with Gasteiger partial charge in [-0.05, 0) is 25.0 Å². The fourth-order valence-electron chi connectivity index (χ4n) is 1.15. The summed E-state index contributed by atoms with van der Waals surface area (Å²) in [5, 5.41) is 12.1. The zero-order chi connectivity index (χ0) is 10.1. The monoisotopic (exact) mass is 212 g/mol. The number of aromatic carboxylic acids is 1. The molecule has 1 heterocycles. The first-order valence-corrected chi connectivity index (χ1v) is 4.70. The predicted molar refractivity (Wildman–Crippen MR) is 52.9 cm³/mol. The van der Waals surface area contributed by atoms with Gasteiger partial charge in [0.05, 0.1) is 0 Å². The molecule has 0 atom stereocenters. The van der Waals surface area contributed by atoms with E-state index in [-0.39, 0.29) is 10.8 Å². The standard InChI is InChI=1S/C9H9ClN2O2/c10-8-4-6(11-5-1-2-5)3-7(12-8)9(13)14/h3-5H,1-2H2,(H,11,12)(H,13,14). The third-order valence-electron chi connectivity index (χ3n) is 1.96. The number of carboxylic acid groups (broad SMARTS) is 1. The van der Waals surface area contributed by atoms with Crippen molar-refractivity contribution in [2.75, 3.05) is 5.32 Å². The molecule has 0 bridgehead atoms. The van der Waals surface area contributed by atoms with Gasteiger partial charge in [0, 0.05) is 11.7 Å². The molecule has 74 valence electrons. The minimum atomic E-state index is -1.06. The number of pyridine rings is 1. The number of nitrogens with zero attached hydrogens (tertiary/aromatic N) is 1. The molecule has 0 saturated heterocycles. The summed E-state index contributed by atoms with van der Waals surface area (Å²) in [6.45, 7) is 0. The highest BCUT2D eigenvalue weighted by Gasteiger charge is 2.21. The van der Waals surface area contributed by atoms with Crippen LogP contribution in [0.2, 0.25) is 5.15 Å². The van der Waals surface area contributed by atoms with Gasteiger partial charge in [-0.1, -0.05) is 11.6 Å². The maximum absolute atomic E-state index is 10.7. The number of hydrogen-bond donors (Lipinski definition) is 2. The molecule has 0 radical (unpaired) electrons. The van der Waals surface area contributed by atoms with E-state index in [1.54, 1.807) is 6.07 Å². The first-order chi connectivity index (χ1) is 6.65. The average molecular weight is 213 g/mol. The second kappa shape index (κ2) is 3.46. The van der Waals surface area contributed by atoms with Crippen LogP contribution in [-0.4, -0.2) is 22.1 Å². The van der Waals surface area contributed by atoms with Crippen LogP contribution in [0.5, 0.6) is 0 Å². The molecule has 1 aliphatic rings. The lowest BCUT2D eigenvalue weighted by atomic mass is 10.3. The van der Waals surface area contributed by atoms with Crippen molar-refractivity contribution in [3.63, 3.8) is 0 Å². The van der Waals surface area contributed by atoms with Crippen molar-refractivity contribution in [3.8, 4) is 0 Å². The fraction of sp³-hybridized carbons (Fsp3) is 0.333. The van der Waals surface area contributed by atoms with Gasteiger partial charge in [-0.3, -0.25) is 0 Å². The van der Waals surface area contributed by atoms with Crippen LogP contribution in [0.4, 0.5) is 5.69 Å². The Morgan fingerprint density at radius 1 is 1.57 bits per heavy atom. The number of halogens is 1. The Bertz CT molecular complexity index is 377. The third kappa shape index (κ3) is 2.14. The van der Waals surface area contributed by atoms with E-state index < -0.39 is 5.97 Å². The quantitative estimate of drug-likeness (QED) is 0.753. The second-order valence-electron chi connectivity index (χ2n) is 3.29. The van der Waals surface area contributed by atoms with Crippen molar-refractivity contribution >= 4 is 23.3 Å². The van der Waals surface area contributed by atoms with Gasteiger partial charge in [0.25, 0.3) is 0 Å².